The van der Waals surface area contributed by atoms with E-state index in [-0.39, 0.29) is 0 Å². The van der Waals surface area contributed by atoms with E-state index in [0.29, 0.717) is 5.37 Å². The van der Waals surface area contributed by atoms with Crippen LogP contribution in [0.5, 0.6) is 0 Å². The summed E-state index contributed by atoms with van der Waals surface area (Å²) >= 11 is 6.61. The first-order valence-electron chi connectivity index (χ1n) is 10.0. The van der Waals surface area contributed by atoms with Gasteiger partial charge in [-0.2, -0.15) is 0 Å². The summed E-state index contributed by atoms with van der Waals surface area (Å²) in [6, 6.07) is 0. The molecule has 0 aliphatic rings. The van der Waals surface area contributed by atoms with E-state index >= 15 is 0 Å². The highest BCUT2D eigenvalue weighted by Crippen LogP contribution is 2.18. The summed E-state index contributed by atoms with van der Waals surface area (Å²) in [6.45, 7) is 4.45. The van der Waals surface area contributed by atoms with Crippen LogP contribution in [0.2, 0.25) is 0 Å². The third-order valence-corrected chi connectivity index (χ3v) is 5.81. The maximum atomic E-state index is 4.68. The van der Waals surface area contributed by atoms with Crippen LogP contribution in [-0.4, -0.2) is 16.3 Å². The van der Waals surface area contributed by atoms with Gasteiger partial charge in [0.1, 0.15) is 5.37 Å². The molecule has 0 saturated carbocycles. The summed E-state index contributed by atoms with van der Waals surface area (Å²) in [7, 11) is 0. The SMILES string of the molecule is CCCCCCCCCCCCCCCCSC(CC)N=C=S. The van der Waals surface area contributed by atoms with Crippen LogP contribution >= 0.6 is 24.0 Å². The van der Waals surface area contributed by atoms with Gasteiger partial charge < -0.3 is 0 Å². The molecule has 0 aliphatic heterocycles. The van der Waals surface area contributed by atoms with Crippen LogP contribution in [0.15, 0.2) is 4.99 Å². The Morgan fingerprint density at radius 2 is 1.17 bits per heavy atom. The summed E-state index contributed by atoms with van der Waals surface area (Å²) in [6.07, 6.45) is 21.0. The molecule has 0 rings (SSSR count). The van der Waals surface area contributed by atoms with Gasteiger partial charge in [0.2, 0.25) is 0 Å². The van der Waals surface area contributed by atoms with Gasteiger partial charge in [-0.25, -0.2) is 4.99 Å². The van der Waals surface area contributed by atoms with Crippen molar-refractivity contribution in [2.45, 2.75) is 116 Å². The van der Waals surface area contributed by atoms with E-state index in [4.69, 9.17) is 0 Å². The Balaban J connectivity index is 3.12. The third-order valence-electron chi connectivity index (χ3n) is 4.35. The molecular formula is C20H39NS2. The van der Waals surface area contributed by atoms with E-state index in [0.717, 1.165) is 6.42 Å². The number of hydrogen-bond donors (Lipinski definition) is 0. The van der Waals surface area contributed by atoms with Crippen LogP contribution in [0.4, 0.5) is 0 Å². The lowest BCUT2D eigenvalue weighted by Gasteiger charge is -2.07. The fourth-order valence-corrected chi connectivity index (χ4v) is 4.02. The van der Waals surface area contributed by atoms with Gasteiger partial charge in [-0.15, -0.1) is 11.8 Å². The predicted octanol–water partition coefficient (Wildman–Crippen LogP) is 8.04. The summed E-state index contributed by atoms with van der Waals surface area (Å²) in [5.41, 5.74) is 0. The molecule has 0 N–H and O–H groups in total. The number of nitrogens with zero attached hydrogens (tertiary/aromatic N) is 1. The molecule has 0 spiro atoms. The molecule has 0 radical (unpaired) electrons. The average Bonchev–Trinajstić information content (AvgIpc) is 2.57. The minimum absolute atomic E-state index is 0.342. The van der Waals surface area contributed by atoms with Crippen molar-refractivity contribution in [3.8, 4) is 0 Å². The minimum atomic E-state index is 0.342. The Hall–Kier alpha value is 0.150. The number of thiocarbonyl (C=S) groups is 1. The molecular weight excluding hydrogens is 318 g/mol. The second-order valence-electron chi connectivity index (χ2n) is 6.55. The average molecular weight is 358 g/mol. The normalized spacial score (nSPS) is 12.1. The van der Waals surface area contributed by atoms with E-state index in [1.807, 2.05) is 11.8 Å². The second kappa shape index (κ2) is 20.2. The van der Waals surface area contributed by atoms with Crippen molar-refractivity contribution < 1.29 is 0 Å². The molecule has 0 aromatic carbocycles. The van der Waals surface area contributed by atoms with Crippen molar-refractivity contribution in [2.24, 2.45) is 4.99 Å². The van der Waals surface area contributed by atoms with Crippen LogP contribution in [0.25, 0.3) is 0 Å². The Kier molecular flexibility index (Phi) is 20.3. The highest BCUT2D eigenvalue weighted by atomic mass is 32.2. The van der Waals surface area contributed by atoms with Gasteiger partial charge in [0, 0.05) is 0 Å². The molecule has 1 atom stereocenters. The monoisotopic (exact) mass is 357 g/mol. The molecule has 23 heavy (non-hydrogen) atoms. The topological polar surface area (TPSA) is 12.4 Å². The highest BCUT2D eigenvalue weighted by Gasteiger charge is 2.02. The third kappa shape index (κ3) is 18.3. The summed E-state index contributed by atoms with van der Waals surface area (Å²) in [5, 5.41) is 2.85. The maximum absolute atomic E-state index is 4.68. The predicted molar refractivity (Wildman–Crippen MR) is 112 cm³/mol. The molecule has 0 aliphatic carbocycles. The Morgan fingerprint density at radius 1 is 0.739 bits per heavy atom. The zero-order valence-electron chi connectivity index (χ0n) is 15.7. The Morgan fingerprint density at radius 3 is 1.57 bits per heavy atom. The van der Waals surface area contributed by atoms with Crippen molar-refractivity contribution >= 4 is 29.1 Å². The molecule has 0 saturated heterocycles. The lowest BCUT2D eigenvalue weighted by atomic mass is 10.0. The van der Waals surface area contributed by atoms with Gasteiger partial charge in [-0.3, -0.25) is 0 Å². The molecule has 0 aromatic rings. The first-order valence-corrected chi connectivity index (χ1v) is 11.5. The number of thioether (sulfide) groups is 1. The Labute approximate surface area is 155 Å². The van der Waals surface area contributed by atoms with Gasteiger partial charge in [-0.05, 0) is 30.8 Å². The number of unbranched alkanes of at least 4 members (excludes halogenated alkanes) is 13. The van der Waals surface area contributed by atoms with Crippen molar-refractivity contribution in [3.63, 3.8) is 0 Å². The van der Waals surface area contributed by atoms with Gasteiger partial charge in [-0.1, -0.05) is 97.3 Å². The molecule has 0 fully saturated rings. The first-order chi connectivity index (χ1) is 11.3. The molecule has 1 nitrogen and oxygen atoms in total. The number of aliphatic imine (C=N–C) groups is 1. The smallest absolute Gasteiger partial charge is 0.105 e. The molecule has 0 bridgehead atoms. The van der Waals surface area contributed by atoms with Gasteiger partial charge in [0.25, 0.3) is 0 Å². The van der Waals surface area contributed by atoms with Crippen LogP contribution < -0.4 is 0 Å². The maximum Gasteiger partial charge on any atom is 0.105 e. The zero-order valence-corrected chi connectivity index (χ0v) is 17.3. The largest absolute Gasteiger partial charge is 0.218 e. The highest BCUT2D eigenvalue weighted by molar-refractivity contribution is 7.99. The summed E-state index contributed by atoms with van der Waals surface area (Å²) in [4.78, 5) is 4.17. The van der Waals surface area contributed by atoms with E-state index in [1.165, 1.54) is 95.6 Å². The van der Waals surface area contributed by atoms with Gasteiger partial charge in [0.05, 0.1) is 5.16 Å². The molecule has 0 heterocycles. The molecule has 0 aromatic heterocycles. The quantitative estimate of drug-likeness (QED) is 0.140. The standard InChI is InChI=1S/C20H39NS2/c1-3-5-6-7-8-9-10-11-12-13-14-15-16-17-18-23-20(4-2)21-19-22/h20H,3-18H2,1-2H3. The van der Waals surface area contributed by atoms with Gasteiger partial charge >= 0.3 is 0 Å². The molecule has 0 amide bonds. The van der Waals surface area contributed by atoms with Crippen molar-refractivity contribution in [1.82, 2.24) is 0 Å². The zero-order chi connectivity index (χ0) is 17.0. The van der Waals surface area contributed by atoms with E-state index in [2.05, 4.69) is 36.2 Å². The minimum Gasteiger partial charge on any atom is -0.218 e. The molecule has 136 valence electrons. The number of hydrogen-bond acceptors (Lipinski definition) is 3. The van der Waals surface area contributed by atoms with Crippen molar-refractivity contribution in [2.75, 3.05) is 5.75 Å². The number of rotatable bonds is 18. The van der Waals surface area contributed by atoms with E-state index in [1.54, 1.807) is 0 Å². The van der Waals surface area contributed by atoms with Crippen LogP contribution in [-0.2, 0) is 0 Å². The Bertz CT molecular complexity index is 275. The summed E-state index contributed by atoms with van der Waals surface area (Å²) < 4.78 is 0. The van der Waals surface area contributed by atoms with Gasteiger partial charge in [0.15, 0.2) is 0 Å². The second-order valence-corrected chi connectivity index (χ2v) is 8.02. The van der Waals surface area contributed by atoms with Crippen molar-refractivity contribution in [1.29, 1.82) is 0 Å². The number of isothiocyanates is 1. The van der Waals surface area contributed by atoms with Crippen LogP contribution in [0.1, 0.15) is 110 Å². The van der Waals surface area contributed by atoms with E-state index in [9.17, 15) is 0 Å². The summed E-state index contributed by atoms with van der Waals surface area (Å²) in [5.74, 6) is 1.22. The van der Waals surface area contributed by atoms with Crippen LogP contribution in [0, 0.1) is 0 Å². The lowest BCUT2D eigenvalue weighted by Crippen LogP contribution is -1.97. The fraction of sp³-hybridized carbons (Fsp3) is 0.950. The van der Waals surface area contributed by atoms with E-state index < -0.39 is 0 Å². The fourth-order valence-electron chi connectivity index (χ4n) is 2.82. The van der Waals surface area contributed by atoms with Crippen molar-refractivity contribution in [3.05, 3.63) is 0 Å². The first kappa shape index (κ1) is 23.1. The lowest BCUT2D eigenvalue weighted by molar-refractivity contribution is 0.538. The molecule has 3 heteroatoms. The van der Waals surface area contributed by atoms with Crippen LogP contribution in [0.3, 0.4) is 0 Å². The molecule has 1 unspecified atom stereocenters.